The summed E-state index contributed by atoms with van der Waals surface area (Å²) < 4.78 is 7.74. The maximum absolute atomic E-state index is 13.3. The first kappa shape index (κ1) is 22.2. The topological polar surface area (TPSA) is 67.4 Å². The number of hydrogen-bond donors (Lipinski definition) is 0. The number of nitrogens with zero attached hydrogens (tertiary/aromatic N) is 5. The number of anilines is 1. The third-order valence-corrected chi connectivity index (χ3v) is 7.74. The number of piperidine rings is 2. The van der Waals surface area contributed by atoms with Gasteiger partial charge in [-0.05, 0) is 63.5 Å². The quantitative estimate of drug-likeness (QED) is 0.588. The Labute approximate surface area is 189 Å². The Hall–Kier alpha value is -1.96. The summed E-state index contributed by atoms with van der Waals surface area (Å²) in [7, 11) is 0. The van der Waals surface area contributed by atoms with Crippen LogP contribution >= 0.6 is 11.8 Å². The molecule has 2 atom stereocenters. The summed E-state index contributed by atoms with van der Waals surface area (Å²) in [6.45, 7) is 9.92. The molecule has 7 nitrogen and oxygen atoms in total. The lowest BCUT2D eigenvalue weighted by atomic mass is 10.00. The van der Waals surface area contributed by atoms with Crippen molar-refractivity contribution in [3.8, 4) is 0 Å². The van der Waals surface area contributed by atoms with E-state index in [2.05, 4.69) is 38.4 Å². The lowest BCUT2D eigenvalue weighted by Crippen LogP contribution is -2.46. The van der Waals surface area contributed by atoms with Gasteiger partial charge in [-0.25, -0.2) is 0 Å². The Morgan fingerprint density at radius 1 is 1.23 bits per heavy atom. The van der Waals surface area contributed by atoms with Crippen LogP contribution in [0.15, 0.2) is 28.0 Å². The van der Waals surface area contributed by atoms with Crippen molar-refractivity contribution in [2.75, 3.05) is 24.5 Å². The summed E-state index contributed by atoms with van der Waals surface area (Å²) in [4.78, 5) is 17.7. The van der Waals surface area contributed by atoms with Crippen molar-refractivity contribution < 1.29 is 9.21 Å². The Balaban J connectivity index is 1.53. The molecule has 2 aromatic heterocycles. The van der Waals surface area contributed by atoms with Crippen molar-refractivity contribution in [2.24, 2.45) is 5.92 Å². The maximum Gasteiger partial charge on any atom is 0.236 e. The molecule has 2 unspecified atom stereocenters. The van der Waals surface area contributed by atoms with Crippen molar-refractivity contribution in [2.45, 2.75) is 82.3 Å². The summed E-state index contributed by atoms with van der Waals surface area (Å²) in [6, 6.07) is 4.25. The van der Waals surface area contributed by atoms with E-state index in [-0.39, 0.29) is 11.2 Å². The van der Waals surface area contributed by atoms with E-state index >= 15 is 0 Å². The van der Waals surface area contributed by atoms with Gasteiger partial charge >= 0.3 is 0 Å². The van der Waals surface area contributed by atoms with Crippen molar-refractivity contribution in [3.63, 3.8) is 0 Å². The zero-order valence-corrected chi connectivity index (χ0v) is 19.8. The molecule has 2 saturated heterocycles. The van der Waals surface area contributed by atoms with Crippen LogP contribution in [-0.4, -0.2) is 56.5 Å². The van der Waals surface area contributed by atoms with E-state index in [9.17, 15) is 4.79 Å². The van der Waals surface area contributed by atoms with Gasteiger partial charge in [0.1, 0.15) is 5.76 Å². The highest BCUT2D eigenvalue weighted by molar-refractivity contribution is 8.00. The van der Waals surface area contributed by atoms with Crippen LogP contribution in [0, 0.1) is 5.92 Å². The van der Waals surface area contributed by atoms with Gasteiger partial charge in [-0.1, -0.05) is 25.6 Å². The fourth-order valence-electron chi connectivity index (χ4n) is 4.66. The molecule has 4 rings (SSSR count). The van der Waals surface area contributed by atoms with E-state index in [4.69, 9.17) is 4.42 Å². The normalized spacial score (nSPS) is 21.5. The van der Waals surface area contributed by atoms with E-state index < -0.39 is 0 Å². The van der Waals surface area contributed by atoms with Crippen LogP contribution in [0.25, 0.3) is 0 Å². The zero-order chi connectivity index (χ0) is 21.8. The average molecular weight is 446 g/mol. The molecule has 0 saturated carbocycles. The molecule has 0 aliphatic carbocycles. The molecule has 0 bridgehead atoms. The number of hydrogen-bond acceptors (Lipinski definition) is 6. The minimum Gasteiger partial charge on any atom is -0.467 e. The summed E-state index contributed by atoms with van der Waals surface area (Å²) in [5.41, 5.74) is 0. The SMILES string of the molecule is CCC1CCCCN1C(=O)C(C)Sc1nnc(N2CCC(C)CC2)n1Cc1ccco1. The van der Waals surface area contributed by atoms with Crippen molar-refractivity contribution >= 4 is 23.6 Å². The van der Waals surface area contributed by atoms with Crippen LogP contribution in [-0.2, 0) is 11.3 Å². The van der Waals surface area contributed by atoms with Crippen LogP contribution in [0.1, 0.15) is 65.1 Å². The van der Waals surface area contributed by atoms with Crippen molar-refractivity contribution in [1.29, 1.82) is 0 Å². The van der Waals surface area contributed by atoms with Gasteiger partial charge < -0.3 is 14.2 Å². The Morgan fingerprint density at radius 2 is 2.03 bits per heavy atom. The highest BCUT2D eigenvalue weighted by Crippen LogP contribution is 2.31. The van der Waals surface area contributed by atoms with Gasteiger partial charge in [-0.3, -0.25) is 9.36 Å². The number of carbonyl (C=O) groups is 1. The number of rotatable bonds is 7. The first-order chi connectivity index (χ1) is 15.1. The molecule has 8 heteroatoms. The molecule has 2 aliphatic heterocycles. The second kappa shape index (κ2) is 10.1. The molecule has 0 aromatic carbocycles. The second-order valence-electron chi connectivity index (χ2n) is 8.97. The van der Waals surface area contributed by atoms with Crippen LogP contribution in [0.5, 0.6) is 0 Å². The molecule has 2 aromatic rings. The van der Waals surface area contributed by atoms with Crippen molar-refractivity contribution in [3.05, 3.63) is 24.2 Å². The van der Waals surface area contributed by atoms with Crippen LogP contribution in [0.4, 0.5) is 5.95 Å². The minimum absolute atomic E-state index is 0.194. The smallest absolute Gasteiger partial charge is 0.236 e. The van der Waals surface area contributed by atoms with Crippen LogP contribution < -0.4 is 4.90 Å². The van der Waals surface area contributed by atoms with E-state index in [1.807, 2.05) is 19.1 Å². The monoisotopic (exact) mass is 445 g/mol. The summed E-state index contributed by atoms with van der Waals surface area (Å²) >= 11 is 1.52. The lowest BCUT2D eigenvalue weighted by molar-refractivity contribution is -0.134. The third kappa shape index (κ3) is 5.10. The lowest BCUT2D eigenvalue weighted by Gasteiger charge is -2.36. The Bertz CT molecular complexity index is 844. The van der Waals surface area contributed by atoms with Gasteiger partial charge in [0.15, 0.2) is 5.16 Å². The van der Waals surface area contributed by atoms with Gasteiger partial charge in [-0.15, -0.1) is 10.2 Å². The first-order valence-electron chi connectivity index (χ1n) is 11.7. The molecule has 0 spiro atoms. The summed E-state index contributed by atoms with van der Waals surface area (Å²) in [5, 5.41) is 9.67. The van der Waals surface area contributed by atoms with E-state index in [1.165, 1.54) is 31.0 Å². The molecule has 170 valence electrons. The maximum atomic E-state index is 13.3. The number of carbonyl (C=O) groups excluding carboxylic acids is 1. The summed E-state index contributed by atoms with van der Waals surface area (Å²) in [6.07, 6.45) is 8.49. The molecule has 1 amide bonds. The van der Waals surface area contributed by atoms with Crippen molar-refractivity contribution in [1.82, 2.24) is 19.7 Å². The largest absolute Gasteiger partial charge is 0.467 e. The summed E-state index contributed by atoms with van der Waals surface area (Å²) in [5.74, 6) is 2.72. The number of likely N-dealkylation sites (tertiary alicyclic amines) is 1. The predicted molar refractivity (Wildman–Crippen MR) is 123 cm³/mol. The molecule has 0 radical (unpaired) electrons. The Kier molecular flexibility index (Phi) is 7.25. The molecule has 2 fully saturated rings. The fraction of sp³-hybridized carbons (Fsp3) is 0.696. The highest BCUT2D eigenvalue weighted by Gasteiger charge is 2.31. The number of aromatic nitrogens is 3. The predicted octanol–water partition coefficient (Wildman–Crippen LogP) is 4.43. The van der Waals surface area contributed by atoms with Gasteiger partial charge in [0.25, 0.3) is 0 Å². The minimum atomic E-state index is -0.194. The molecular weight excluding hydrogens is 410 g/mol. The van der Waals surface area contributed by atoms with Gasteiger partial charge in [-0.2, -0.15) is 0 Å². The molecule has 0 N–H and O–H groups in total. The van der Waals surface area contributed by atoms with E-state index in [0.29, 0.717) is 12.6 Å². The van der Waals surface area contributed by atoms with Gasteiger partial charge in [0.05, 0.1) is 18.1 Å². The zero-order valence-electron chi connectivity index (χ0n) is 19.0. The first-order valence-corrected chi connectivity index (χ1v) is 12.6. The van der Waals surface area contributed by atoms with Gasteiger partial charge in [0, 0.05) is 25.7 Å². The molecule has 4 heterocycles. The van der Waals surface area contributed by atoms with Crippen LogP contribution in [0.3, 0.4) is 0 Å². The molecular formula is C23H35N5O2S. The second-order valence-corrected chi connectivity index (χ2v) is 10.3. The molecule has 2 aliphatic rings. The highest BCUT2D eigenvalue weighted by atomic mass is 32.2. The number of amides is 1. The van der Waals surface area contributed by atoms with E-state index in [0.717, 1.165) is 61.7 Å². The molecule has 31 heavy (non-hydrogen) atoms. The number of thioether (sulfide) groups is 1. The number of furan rings is 1. The van der Waals surface area contributed by atoms with Gasteiger partial charge in [0.2, 0.25) is 11.9 Å². The van der Waals surface area contributed by atoms with Crippen LogP contribution in [0.2, 0.25) is 0 Å². The third-order valence-electron chi connectivity index (χ3n) is 6.67. The average Bonchev–Trinajstić information content (AvgIpc) is 3.44. The fourth-order valence-corrected chi connectivity index (χ4v) is 5.58. The standard InChI is InChI=1S/C23H35N5O2S/c1-4-19-8-5-6-12-27(19)21(29)18(3)31-23-25-24-22(26-13-10-17(2)11-14-26)28(23)16-20-9-7-15-30-20/h7,9,15,17-19H,4-6,8,10-14,16H2,1-3H3. The van der Waals surface area contributed by atoms with E-state index in [1.54, 1.807) is 6.26 Å². The Morgan fingerprint density at radius 3 is 2.74 bits per heavy atom.